The van der Waals surface area contributed by atoms with Crippen molar-refractivity contribution in [3.05, 3.63) is 0 Å². The molecule has 110 valence electrons. The van der Waals surface area contributed by atoms with Gasteiger partial charge in [0.2, 0.25) is 0 Å². The highest BCUT2D eigenvalue weighted by Gasteiger charge is 2.33. The zero-order valence-electron chi connectivity index (χ0n) is 12.2. The van der Waals surface area contributed by atoms with E-state index in [-0.39, 0.29) is 0 Å². The Morgan fingerprint density at radius 3 is 2.79 bits per heavy atom. The summed E-state index contributed by atoms with van der Waals surface area (Å²) in [5.74, 6) is 0.879. The second kappa shape index (κ2) is 7.05. The second-order valence-corrected chi connectivity index (χ2v) is 6.64. The molecule has 0 bridgehead atoms. The Kier molecular flexibility index (Phi) is 5.14. The first kappa shape index (κ1) is 13.8. The van der Waals surface area contributed by atoms with Crippen molar-refractivity contribution < 1.29 is 4.74 Å². The van der Waals surface area contributed by atoms with E-state index in [1.54, 1.807) is 0 Å². The molecule has 2 aliphatic heterocycles. The Balaban J connectivity index is 1.40. The van der Waals surface area contributed by atoms with Crippen molar-refractivity contribution in [2.45, 2.75) is 76.0 Å². The van der Waals surface area contributed by atoms with Crippen LogP contribution in [-0.4, -0.2) is 37.9 Å². The lowest BCUT2D eigenvalue weighted by Gasteiger charge is -2.33. The summed E-state index contributed by atoms with van der Waals surface area (Å²) in [6, 6.07) is 1.55. The average Bonchev–Trinajstić information content (AvgIpc) is 3.11. The molecule has 4 atom stereocenters. The summed E-state index contributed by atoms with van der Waals surface area (Å²) in [4.78, 5) is 0. The van der Waals surface area contributed by atoms with Crippen LogP contribution in [0.15, 0.2) is 0 Å². The normalized spacial score (nSPS) is 39.8. The smallest absolute Gasteiger partial charge is 0.0588 e. The Morgan fingerprint density at radius 1 is 1.00 bits per heavy atom. The third-order valence-corrected chi connectivity index (χ3v) is 5.33. The first-order valence-corrected chi connectivity index (χ1v) is 8.52. The van der Waals surface area contributed by atoms with Gasteiger partial charge in [-0.3, -0.25) is 0 Å². The quantitative estimate of drug-likeness (QED) is 0.802. The highest BCUT2D eigenvalue weighted by atomic mass is 16.5. The number of hydrogen-bond acceptors (Lipinski definition) is 3. The van der Waals surface area contributed by atoms with E-state index in [0.29, 0.717) is 6.10 Å². The Bertz CT molecular complexity index is 259. The van der Waals surface area contributed by atoms with Gasteiger partial charge in [0.1, 0.15) is 0 Å². The maximum Gasteiger partial charge on any atom is 0.0588 e. The van der Waals surface area contributed by atoms with Gasteiger partial charge in [-0.2, -0.15) is 0 Å². The molecular weight excluding hydrogens is 236 g/mol. The van der Waals surface area contributed by atoms with E-state index in [9.17, 15) is 0 Å². The number of ether oxygens (including phenoxy) is 1. The van der Waals surface area contributed by atoms with Gasteiger partial charge in [-0.05, 0) is 64.0 Å². The van der Waals surface area contributed by atoms with Crippen molar-refractivity contribution in [1.82, 2.24) is 10.6 Å². The molecule has 2 saturated heterocycles. The lowest BCUT2D eigenvalue weighted by molar-refractivity contribution is 0.102. The van der Waals surface area contributed by atoms with Gasteiger partial charge in [0.25, 0.3) is 0 Å². The largest absolute Gasteiger partial charge is 0.378 e. The van der Waals surface area contributed by atoms with Gasteiger partial charge in [0.15, 0.2) is 0 Å². The molecule has 1 aliphatic carbocycles. The van der Waals surface area contributed by atoms with E-state index in [0.717, 1.165) is 31.2 Å². The van der Waals surface area contributed by atoms with Crippen molar-refractivity contribution in [3.8, 4) is 0 Å². The molecule has 0 aromatic carbocycles. The van der Waals surface area contributed by atoms with Crippen LogP contribution in [-0.2, 0) is 4.74 Å². The molecule has 1 saturated carbocycles. The van der Waals surface area contributed by atoms with Gasteiger partial charge >= 0.3 is 0 Å². The van der Waals surface area contributed by atoms with Crippen LogP contribution in [0.2, 0.25) is 0 Å². The second-order valence-electron chi connectivity index (χ2n) is 6.64. The van der Waals surface area contributed by atoms with Gasteiger partial charge < -0.3 is 15.4 Å². The molecule has 3 nitrogen and oxygen atoms in total. The third kappa shape index (κ3) is 3.71. The highest BCUT2D eigenvalue weighted by Crippen LogP contribution is 2.31. The summed E-state index contributed by atoms with van der Waals surface area (Å²) in [6.45, 7) is 3.38. The molecule has 2 N–H and O–H groups in total. The molecule has 2 heterocycles. The summed E-state index contributed by atoms with van der Waals surface area (Å²) in [7, 11) is 0. The first-order chi connectivity index (χ1) is 9.43. The predicted molar refractivity (Wildman–Crippen MR) is 78.4 cm³/mol. The molecular formula is C16H30N2O. The maximum atomic E-state index is 5.71. The molecule has 0 spiro atoms. The van der Waals surface area contributed by atoms with E-state index >= 15 is 0 Å². The molecule has 3 fully saturated rings. The van der Waals surface area contributed by atoms with Crippen molar-refractivity contribution >= 4 is 0 Å². The van der Waals surface area contributed by atoms with Gasteiger partial charge in [-0.15, -0.1) is 0 Å². The third-order valence-electron chi connectivity index (χ3n) is 5.33. The van der Waals surface area contributed by atoms with Crippen molar-refractivity contribution in [2.75, 3.05) is 19.7 Å². The Hall–Kier alpha value is -0.120. The van der Waals surface area contributed by atoms with E-state index in [4.69, 9.17) is 4.74 Å². The van der Waals surface area contributed by atoms with Crippen molar-refractivity contribution in [1.29, 1.82) is 0 Å². The van der Waals surface area contributed by atoms with Crippen molar-refractivity contribution in [2.24, 2.45) is 5.92 Å². The predicted octanol–water partition coefficient (Wildman–Crippen LogP) is 2.46. The van der Waals surface area contributed by atoms with Gasteiger partial charge in [-0.25, -0.2) is 0 Å². The van der Waals surface area contributed by atoms with E-state index in [1.807, 2.05) is 0 Å². The summed E-state index contributed by atoms with van der Waals surface area (Å²) in [5, 5.41) is 7.59. The van der Waals surface area contributed by atoms with Crippen LogP contribution in [0.3, 0.4) is 0 Å². The van der Waals surface area contributed by atoms with E-state index in [1.165, 1.54) is 64.3 Å². The molecule has 0 aromatic heterocycles. The zero-order chi connectivity index (χ0) is 12.9. The Morgan fingerprint density at radius 2 is 2.00 bits per heavy atom. The van der Waals surface area contributed by atoms with Crippen LogP contribution in [0.4, 0.5) is 0 Å². The molecule has 3 rings (SSSR count). The molecule has 3 heteroatoms. The van der Waals surface area contributed by atoms with E-state index < -0.39 is 0 Å². The van der Waals surface area contributed by atoms with Crippen LogP contribution < -0.4 is 10.6 Å². The minimum atomic E-state index is 0.542. The lowest BCUT2D eigenvalue weighted by atomic mass is 9.88. The monoisotopic (exact) mass is 266 g/mol. The van der Waals surface area contributed by atoms with Gasteiger partial charge in [-0.1, -0.05) is 12.8 Å². The molecule has 0 amide bonds. The first-order valence-electron chi connectivity index (χ1n) is 8.52. The summed E-state index contributed by atoms with van der Waals surface area (Å²) < 4.78 is 5.71. The number of hydrogen-bond donors (Lipinski definition) is 2. The van der Waals surface area contributed by atoms with Gasteiger partial charge in [0.05, 0.1) is 6.10 Å². The zero-order valence-corrected chi connectivity index (χ0v) is 12.2. The molecule has 0 radical (unpaired) electrons. The average molecular weight is 266 g/mol. The minimum Gasteiger partial charge on any atom is -0.378 e. The topological polar surface area (TPSA) is 33.3 Å². The van der Waals surface area contributed by atoms with Gasteiger partial charge in [0, 0.05) is 18.7 Å². The van der Waals surface area contributed by atoms with Crippen molar-refractivity contribution in [3.63, 3.8) is 0 Å². The van der Waals surface area contributed by atoms with Crippen LogP contribution in [0.1, 0.15) is 57.8 Å². The number of rotatable bonds is 5. The lowest BCUT2D eigenvalue weighted by Crippen LogP contribution is -2.47. The fourth-order valence-electron chi connectivity index (χ4n) is 4.27. The Labute approximate surface area is 117 Å². The van der Waals surface area contributed by atoms with Crippen LogP contribution in [0.25, 0.3) is 0 Å². The summed E-state index contributed by atoms with van der Waals surface area (Å²) >= 11 is 0. The number of piperidine rings is 1. The summed E-state index contributed by atoms with van der Waals surface area (Å²) in [6.07, 6.45) is 12.7. The van der Waals surface area contributed by atoms with E-state index in [2.05, 4.69) is 10.6 Å². The standard InChI is InChI=1S/C16H30N2O/c1-2-10-17-15(7-1)14-6-3-8-16(14)18-11-9-13-5-4-12-19-13/h13-18H,1-12H2. The summed E-state index contributed by atoms with van der Waals surface area (Å²) in [5.41, 5.74) is 0. The number of nitrogens with one attached hydrogen (secondary N) is 2. The SMILES string of the molecule is C1CCC(C2CCCC2NCCC2CCCO2)NC1. The van der Waals surface area contributed by atoms with Crippen LogP contribution >= 0.6 is 0 Å². The van der Waals surface area contributed by atoms with Crippen LogP contribution in [0, 0.1) is 5.92 Å². The highest BCUT2D eigenvalue weighted by molar-refractivity contribution is 4.92. The minimum absolute atomic E-state index is 0.542. The molecule has 3 aliphatic rings. The maximum absolute atomic E-state index is 5.71. The van der Waals surface area contributed by atoms with Crippen LogP contribution in [0.5, 0.6) is 0 Å². The molecule has 0 aromatic rings. The fourth-order valence-corrected chi connectivity index (χ4v) is 4.27. The molecule has 19 heavy (non-hydrogen) atoms. The fraction of sp³-hybridized carbons (Fsp3) is 1.00. The molecule has 4 unspecified atom stereocenters.